The SMILES string of the molecule is COCCNC(=O)CSCc1cc(N2CCOCC2)nc(-c2ccc3[nH]ccc3c2)n1. The number of ether oxygens (including phenoxy) is 2. The summed E-state index contributed by atoms with van der Waals surface area (Å²) in [5.41, 5.74) is 2.98. The molecular weight excluding hydrogens is 414 g/mol. The molecule has 1 fully saturated rings. The van der Waals surface area contributed by atoms with E-state index in [9.17, 15) is 4.79 Å². The Balaban J connectivity index is 1.52. The Morgan fingerprint density at radius 3 is 2.97 bits per heavy atom. The van der Waals surface area contributed by atoms with Crippen LogP contribution in [0, 0.1) is 0 Å². The lowest BCUT2D eigenvalue weighted by Gasteiger charge is -2.28. The minimum Gasteiger partial charge on any atom is -0.383 e. The lowest BCUT2D eigenvalue weighted by atomic mass is 10.1. The van der Waals surface area contributed by atoms with E-state index in [4.69, 9.17) is 19.4 Å². The van der Waals surface area contributed by atoms with Crippen LogP contribution < -0.4 is 10.2 Å². The third-order valence-electron chi connectivity index (χ3n) is 5.02. The lowest BCUT2D eigenvalue weighted by molar-refractivity contribution is -0.118. The largest absolute Gasteiger partial charge is 0.383 e. The van der Waals surface area contributed by atoms with Crippen LogP contribution in [0.1, 0.15) is 5.69 Å². The number of amides is 1. The van der Waals surface area contributed by atoms with Gasteiger partial charge >= 0.3 is 0 Å². The van der Waals surface area contributed by atoms with Gasteiger partial charge in [-0.3, -0.25) is 4.79 Å². The number of H-pyrrole nitrogens is 1. The van der Waals surface area contributed by atoms with Gasteiger partial charge in [-0.25, -0.2) is 9.97 Å². The number of anilines is 1. The molecule has 4 rings (SSSR count). The van der Waals surface area contributed by atoms with E-state index < -0.39 is 0 Å². The molecule has 2 N–H and O–H groups in total. The smallest absolute Gasteiger partial charge is 0.230 e. The summed E-state index contributed by atoms with van der Waals surface area (Å²) in [6.07, 6.45) is 1.93. The maximum atomic E-state index is 12.0. The average Bonchev–Trinajstić information content (AvgIpc) is 3.28. The molecule has 8 nitrogen and oxygen atoms in total. The number of aromatic nitrogens is 3. The molecule has 0 aliphatic carbocycles. The second-order valence-electron chi connectivity index (χ2n) is 7.26. The Labute approximate surface area is 185 Å². The number of fused-ring (bicyclic) bond motifs is 1. The van der Waals surface area contributed by atoms with Crippen molar-refractivity contribution in [1.82, 2.24) is 20.3 Å². The first kappa shape index (κ1) is 21.6. The highest BCUT2D eigenvalue weighted by Crippen LogP contribution is 2.25. The highest BCUT2D eigenvalue weighted by Gasteiger charge is 2.16. The van der Waals surface area contributed by atoms with Crippen LogP contribution in [0.3, 0.4) is 0 Å². The molecule has 31 heavy (non-hydrogen) atoms. The number of aromatic amines is 1. The van der Waals surface area contributed by atoms with Crippen LogP contribution in [0.4, 0.5) is 5.82 Å². The van der Waals surface area contributed by atoms with Crippen LogP contribution in [-0.4, -0.2) is 73.2 Å². The number of nitrogens with zero attached hydrogens (tertiary/aromatic N) is 3. The Morgan fingerprint density at radius 1 is 1.26 bits per heavy atom. The average molecular weight is 442 g/mol. The molecule has 164 valence electrons. The van der Waals surface area contributed by atoms with Crippen molar-refractivity contribution in [1.29, 1.82) is 0 Å². The van der Waals surface area contributed by atoms with Crippen LogP contribution in [0.15, 0.2) is 36.5 Å². The molecule has 1 amide bonds. The van der Waals surface area contributed by atoms with Crippen molar-refractivity contribution in [2.75, 3.05) is 57.2 Å². The van der Waals surface area contributed by atoms with Crippen molar-refractivity contribution in [3.8, 4) is 11.4 Å². The maximum absolute atomic E-state index is 12.0. The number of nitrogens with one attached hydrogen (secondary N) is 2. The van der Waals surface area contributed by atoms with Gasteiger partial charge in [0.25, 0.3) is 0 Å². The van der Waals surface area contributed by atoms with Crippen molar-refractivity contribution in [3.63, 3.8) is 0 Å². The van der Waals surface area contributed by atoms with E-state index in [0.29, 0.717) is 43.7 Å². The van der Waals surface area contributed by atoms with E-state index in [1.807, 2.05) is 30.5 Å². The van der Waals surface area contributed by atoms with E-state index in [2.05, 4.69) is 21.3 Å². The molecule has 1 aliphatic rings. The molecule has 1 aromatic carbocycles. The number of rotatable bonds is 9. The van der Waals surface area contributed by atoms with Gasteiger partial charge < -0.3 is 24.7 Å². The van der Waals surface area contributed by atoms with Crippen molar-refractivity contribution in [2.45, 2.75) is 5.75 Å². The minimum atomic E-state index is 0.00245. The summed E-state index contributed by atoms with van der Waals surface area (Å²) in [6, 6.07) is 10.3. The fourth-order valence-corrected chi connectivity index (χ4v) is 4.17. The van der Waals surface area contributed by atoms with Gasteiger partial charge in [0.1, 0.15) is 5.82 Å². The first-order valence-corrected chi connectivity index (χ1v) is 11.5. The standard InChI is InChI=1S/C22H27N5O3S/c1-29-9-6-24-21(28)15-31-14-18-13-20(27-7-10-30-11-8-27)26-22(25-18)17-2-3-19-16(12-17)4-5-23-19/h2-5,12-13,23H,6-11,14-15H2,1H3,(H,24,28). The lowest BCUT2D eigenvalue weighted by Crippen LogP contribution is -2.37. The first-order chi connectivity index (χ1) is 15.2. The molecule has 2 aromatic heterocycles. The number of hydrogen-bond acceptors (Lipinski definition) is 7. The molecule has 1 aliphatic heterocycles. The molecule has 0 atom stereocenters. The van der Waals surface area contributed by atoms with Crippen molar-refractivity contribution < 1.29 is 14.3 Å². The van der Waals surface area contributed by atoms with Crippen molar-refractivity contribution >= 4 is 34.4 Å². The quantitative estimate of drug-likeness (QED) is 0.493. The zero-order valence-electron chi connectivity index (χ0n) is 17.6. The highest BCUT2D eigenvalue weighted by atomic mass is 32.2. The number of carbonyl (C=O) groups excluding carboxylic acids is 1. The molecule has 0 spiro atoms. The van der Waals surface area contributed by atoms with Crippen LogP contribution in [0.2, 0.25) is 0 Å². The Kier molecular flexibility index (Phi) is 7.39. The highest BCUT2D eigenvalue weighted by molar-refractivity contribution is 7.99. The van der Waals surface area contributed by atoms with E-state index >= 15 is 0 Å². The Morgan fingerprint density at radius 2 is 2.13 bits per heavy atom. The summed E-state index contributed by atoms with van der Waals surface area (Å²) < 4.78 is 10.5. The second kappa shape index (κ2) is 10.6. The van der Waals surface area contributed by atoms with Gasteiger partial charge in [0, 0.05) is 61.2 Å². The van der Waals surface area contributed by atoms with E-state index in [1.54, 1.807) is 18.9 Å². The zero-order valence-corrected chi connectivity index (χ0v) is 18.4. The summed E-state index contributed by atoms with van der Waals surface area (Å²) in [5, 5.41) is 3.97. The molecule has 0 saturated carbocycles. The number of carbonyl (C=O) groups is 1. The fraction of sp³-hybridized carbons (Fsp3) is 0.409. The maximum Gasteiger partial charge on any atom is 0.230 e. The van der Waals surface area contributed by atoms with Gasteiger partial charge in [-0.2, -0.15) is 0 Å². The number of benzene rings is 1. The molecular formula is C22H27N5O3S. The van der Waals surface area contributed by atoms with Crippen molar-refractivity contribution in [3.05, 3.63) is 42.2 Å². The predicted octanol–water partition coefficient (Wildman–Crippen LogP) is 2.46. The summed E-state index contributed by atoms with van der Waals surface area (Å²) in [6.45, 7) is 4.04. The summed E-state index contributed by atoms with van der Waals surface area (Å²) in [7, 11) is 1.62. The normalized spacial score (nSPS) is 14.2. The van der Waals surface area contributed by atoms with Crippen LogP contribution in [0.25, 0.3) is 22.3 Å². The van der Waals surface area contributed by atoms with E-state index in [1.165, 1.54) is 0 Å². The van der Waals surface area contributed by atoms with Crippen LogP contribution in [-0.2, 0) is 20.0 Å². The van der Waals surface area contributed by atoms with E-state index in [-0.39, 0.29) is 5.91 Å². The summed E-state index contributed by atoms with van der Waals surface area (Å²) in [4.78, 5) is 27.1. The molecule has 1 saturated heterocycles. The van der Waals surface area contributed by atoms with E-state index in [0.717, 1.165) is 41.1 Å². The summed E-state index contributed by atoms with van der Waals surface area (Å²) >= 11 is 1.54. The molecule has 3 heterocycles. The minimum absolute atomic E-state index is 0.00245. The summed E-state index contributed by atoms with van der Waals surface area (Å²) in [5.74, 6) is 2.62. The third kappa shape index (κ3) is 5.75. The van der Waals surface area contributed by atoms with Gasteiger partial charge in [-0.05, 0) is 24.3 Å². The molecule has 0 bridgehead atoms. The van der Waals surface area contributed by atoms with Gasteiger partial charge in [0.15, 0.2) is 5.82 Å². The third-order valence-corrected chi connectivity index (χ3v) is 5.99. The van der Waals surface area contributed by atoms with Crippen LogP contribution >= 0.6 is 11.8 Å². The zero-order chi connectivity index (χ0) is 21.5. The van der Waals surface area contributed by atoms with Crippen molar-refractivity contribution in [2.24, 2.45) is 0 Å². The number of methoxy groups -OCH3 is 1. The number of thioether (sulfide) groups is 1. The monoisotopic (exact) mass is 441 g/mol. The molecule has 9 heteroatoms. The Bertz CT molecular complexity index is 1020. The van der Waals surface area contributed by atoms with Gasteiger partial charge in [-0.15, -0.1) is 11.8 Å². The number of morpholine rings is 1. The van der Waals surface area contributed by atoms with Gasteiger partial charge in [0.2, 0.25) is 5.91 Å². The van der Waals surface area contributed by atoms with Gasteiger partial charge in [0.05, 0.1) is 31.3 Å². The Hall–Kier alpha value is -2.62. The predicted molar refractivity (Wildman–Crippen MR) is 123 cm³/mol. The second-order valence-corrected chi connectivity index (χ2v) is 8.24. The number of hydrogen-bond donors (Lipinski definition) is 2. The fourth-order valence-electron chi connectivity index (χ4n) is 3.42. The van der Waals surface area contributed by atoms with Crippen LogP contribution in [0.5, 0.6) is 0 Å². The molecule has 0 radical (unpaired) electrons. The molecule has 0 unspecified atom stereocenters. The molecule has 3 aromatic rings. The first-order valence-electron chi connectivity index (χ1n) is 10.3. The topological polar surface area (TPSA) is 92.4 Å². The van der Waals surface area contributed by atoms with Gasteiger partial charge in [-0.1, -0.05) is 0 Å².